The molecule has 1 amide bonds. The first kappa shape index (κ1) is 23.2. The summed E-state index contributed by atoms with van der Waals surface area (Å²) in [7, 11) is 0. The van der Waals surface area contributed by atoms with Gasteiger partial charge >= 0.3 is 0 Å². The lowest BCUT2D eigenvalue weighted by molar-refractivity contribution is -0.125. The monoisotopic (exact) mass is 483 g/mol. The summed E-state index contributed by atoms with van der Waals surface area (Å²) in [6.45, 7) is 6.09. The topological polar surface area (TPSA) is 71.0 Å². The van der Waals surface area contributed by atoms with Gasteiger partial charge in [0.15, 0.2) is 0 Å². The van der Waals surface area contributed by atoms with Crippen molar-refractivity contribution in [2.24, 2.45) is 5.92 Å². The van der Waals surface area contributed by atoms with E-state index in [0.29, 0.717) is 6.54 Å². The van der Waals surface area contributed by atoms with E-state index < -0.39 is 0 Å². The SMILES string of the molecule is Cc1cc(C)nc(N2CCC(C(=O)NCc3cccc(-c4nc(-c5ccccc5)cs4)c3)CC2)n1. The van der Waals surface area contributed by atoms with Gasteiger partial charge in [-0.25, -0.2) is 15.0 Å². The Kier molecular flexibility index (Phi) is 6.86. The number of piperidine rings is 1. The number of nitrogens with zero attached hydrogens (tertiary/aromatic N) is 4. The Hall–Kier alpha value is -3.58. The molecule has 178 valence electrons. The first-order valence-corrected chi connectivity index (χ1v) is 12.9. The number of aryl methyl sites for hydroxylation is 2. The van der Waals surface area contributed by atoms with E-state index in [1.54, 1.807) is 11.3 Å². The predicted molar refractivity (Wildman–Crippen MR) is 141 cm³/mol. The molecule has 1 fully saturated rings. The third kappa shape index (κ3) is 5.57. The minimum Gasteiger partial charge on any atom is -0.352 e. The molecule has 1 N–H and O–H groups in total. The number of carbonyl (C=O) groups excluding carboxylic acids is 1. The molecule has 4 aromatic rings. The van der Waals surface area contributed by atoms with Crippen LogP contribution in [0.5, 0.6) is 0 Å². The molecule has 0 radical (unpaired) electrons. The van der Waals surface area contributed by atoms with Crippen LogP contribution in [0.3, 0.4) is 0 Å². The Bertz CT molecular complexity index is 1290. The van der Waals surface area contributed by atoms with Crippen molar-refractivity contribution < 1.29 is 4.79 Å². The minimum absolute atomic E-state index is 0.0210. The number of benzene rings is 2. The van der Waals surface area contributed by atoms with Crippen molar-refractivity contribution in [2.45, 2.75) is 33.2 Å². The maximum atomic E-state index is 12.9. The smallest absolute Gasteiger partial charge is 0.225 e. The van der Waals surface area contributed by atoms with E-state index >= 15 is 0 Å². The van der Waals surface area contributed by atoms with Gasteiger partial charge in [-0.3, -0.25) is 4.79 Å². The van der Waals surface area contributed by atoms with Crippen LogP contribution in [-0.4, -0.2) is 33.9 Å². The zero-order chi connectivity index (χ0) is 24.2. The van der Waals surface area contributed by atoms with Crippen molar-refractivity contribution in [2.75, 3.05) is 18.0 Å². The second-order valence-electron chi connectivity index (χ2n) is 9.03. The molecule has 0 unspecified atom stereocenters. The number of aromatic nitrogens is 3. The molecule has 1 saturated heterocycles. The largest absolute Gasteiger partial charge is 0.352 e. The first-order valence-electron chi connectivity index (χ1n) is 12.0. The number of carbonyl (C=O) groups is 1. The minimum atomic E-state index is 0.0210. The molecule has 0 bridgehead atoms. The highest BCUT2D eigenvalue weighted by atomic mass is 32.1. The molecular weight excluding hydrogens is 454 g/mol. The van der Waals surface area contributed by atoms with E-state index in [-0.39, 0.29) is 11.8 Å². The number of thiazole rings is 1. The quantitative estimate of drug-likeness (QED) is 0.397. The lowest BCUT2D eigenvalue weighted by atomic mass is 9.96. The summed E-state index contributed by atoms with van der Waals surface area (Å²) >= 11 is 1.64. The molecule has 1 aliphatic rings. The molecule has 35 heavy (non-hydrogen) atoms. The van der Waals surface area contributed by atoms with Crippen molar-refractivity contribution in [3.05, 3.63) is 83.0 Å². The van der Waals surface area contributed by atoms with Crippen LogP contribution in [0.2, 0.25) is 0 Å². The third-order valence-electron chi connectivity index (χ3n) is 6.33. The molecule has 2 aromatic carbocycles. The van der Waals surface area contributed by atoms with Crippen LogP contribution < -0.4 is 10.2 Å². The molecule has 3 heterocycles. The lowest BCUT2D eigenvalue weighted by Crippen LogP contribution is -2.41. The molecule has 1 aliphatic heterocycles. The van der Waals surface area contributed by atoms with Gasteiger partial charge in [-0.05, 0) is 44.4 Å². The van der Waals surface area contributed by atoms with Crippen LogP contribution in [0.4, 0.5) is 5.95 Å². The highest BCUT2D eigenvalue weighted by Crippen LogP contribution is 2.29. The van der Waals surface area contributed by atoms with E-state index in [4.69, 9.17) is 4.98 Å². The Morgan fingerprint density at radius 2 is 1.66 bits per heavy atom. The lowest BCUT2D eigenvalue weighted by Gasteiger charge is -2.31. The maximum Gasteiger partial charge on any atom is 0.225 e. The number of hydrogen-bond donors (Lipinski definition) is 1. The van der Waals surface area contributed by atoms with E-state index in [0.717, 1.165) is 70.7 Å². The number of rotatable bonds is 6. The summed E-state index contributed by atoms with van der Waals surface area (Å²) in [5.74, 6) is 0.917. The fourth-order valence-electron chi connectivity index (χ4n) is 4.49. The summed E-state index contributed by atoms with van der Waals surface area (Å²) in [4.78, 5) is 29.0. The molecule has 0 aliphatic carbocycles. The Morgan fingerprint density at radius 1 is 0.943 bits per heavy atom. The van der Waals surface area contributed by atoms with Crippen LogP contribution in [0.15, 0.2) is 66.0 Å². The summed E-state index contributed by atoms with van der Waals surface area (Å²) < 4.78 is 0. The number of anilines is 1. The van der Waals surface area contributed by atoms with Crippen LogP contribution >= 0.6 is 11.3 Å². The normalized spacial score (nSPS) is 14.2. The van der Waals surface area contributed by atoms with E-state index in [2.05, 4.69) is 55.9 Å². The van der Waals surface area contributed by atoms with Crippen molar-refractivity contribution >= 4 is 23.2 Å². The van der Waals surface area contributed by atoms with Crippen molar-refractivity contribution in [1.82, 2.24) is 20.3 Å². The second-order valence-corrected chi connectivity index (χ2v) is 9.89. The van der Waals surface area contributed by atoms with Gasteiger partial charge < -0.3 is 10.2 Å². The average Bonchev–Trinajstić information content (AvgIpc) is 3.38. The van der Waals surface area contributed by atoms with Crippen LogP contribution in [0.1, 0.15) is 29.8 Å². The average molecular weight is 484 g/mol. The highest BCUT2D eigenvalue weighted by molar-refractivity contribution is 7.13. The van der Waals surface area contributed by atoms with Gasteiger partial charge in [0.2, 0.25) is 11.9 Å². The number of nitrogens with one attached hydrogen (secondary N) is 1. The maximum absolute atomic E-state index is 12.9. The van der Waals surface area contributed by atoms with E-state index in [1.165, 1.54) is 0 Å². The first-order chi connectivity index (χ1) is 17.0. The summed E-state index contributed by atoms with van der Waals surface area (Å²) in [6, 6.07) is 20.5. The standard InChI is InChI=1S/C28H29N5OS/c1-19-15-20(2)31-28(30-19)33-13-11-23(12-14-33)26(34)29-17-21-7-6-10-24(16-21)27-32-25(18-35-27)22-8-4-3-5-9-22/h3-10,15-16,18,23H,11-14,17H2,1-2H3,(H,29,34). The number of amides is 1. The Labute approximate surface area is 210 Å². The second kappa shape index (κ2) is 10.4. The van der Waals surface area contributed by atoms with Gasteiger partial charge in [0, 0.05) is 53.4 Å². The van der Waals surface area contributed by atoms with Gasteiger partial charge in [-0.1, -0.05) is 48.5 Å². The molecule has 2 aromatic heterocycles. The number of hydrogen-bond acceptors (Lipinski definition) is 6. The molecule has 0 atom stereocenters. The predicted octanol–water partition coefficient (Wildman–Crippen LogP) is 5.42. The Morgan fingerprint density at radius 3 is 2.40 bits per heavy atom. The molecule has 0 saturated carbocycles. The highest BCUT2D eigenvalue weighted by Gasteiger charge is 2.26. The van der Waals surface area contributed by atoms with Gasteiger partial charge in [0.25, 0.3) is 0 Å². The fourth-order valence-corrected chi connectivity index (χ4v) is 5.31. The molecular formula is C28H29N5OS. The van der Waals surface area contributed by atoms with Crippen molar-refractivity contribution in [3.63, 3.8) is 0 Å². The van der Waals surface area contributed by atoms with Gasteiger partial charge in [0.05, 0.1) is 5.69 Å². The molecule has 5 rings (SSSR count). The molecule has 7 heteroatoms. The summed E-state index contributed by atoms with van der Waals surface area (Å²) in [6.07, 6.45) is 1.62. The van der Waals surface area contributed by atoms with Crippen LogP contribution in [0, 0.1) is 19.8 Å². The van der Waals surface area contributed by atoms with E-state index in [1.807, 2.05) is 44.2 Å². The fraction of sp³-hybridized carbons (Fsp3) is 0.286. The molecule has 0 spiro atoms. The zero-order valence-electron chi connectivity index (χ0n) is 20.1. The van der Waals surface area contributed by atoms with Crippen LogP contribution in [0.25, 0.3) is 21.8 Å². The van der Waals surface area contributed by atoms with Crippen molar-refractivity contribution in [1.29, 1.82) is 0 Å². The summed E-state index contributed by atoms with van der Waals surface area (Å²) in [5.41, 5.74) is 6.21. The van der Waals surface area contributed by atoms with Gasteiger partial charge in [0.1, 0.15) is 5.01 Å². The van der Waals surface area contributed by atoms with Gasteiger partial charge in [-0.15, -0.1) is 11.3 Å². The zero-order valence-corrected chi connectivity index (χ0v) is 20.9. The Balaban J connectivity index is 1.17. The van der Waals surface area contributed by atoms with Crippen LogP contribution in [-0.2, 0) is 11.3 Å². The molecule has 6 nitrogen and oxygen atoms in total. The summed E-state index contributed by atoms with van der Waals surface area (Å²) in [5, 5.41) is 6.22. The van der Waals surface area contributed by atoms with E-state index in [9.17, 15) is 4.79 Å². The van der Waals surface area contributed by atoms with Crippen molar-refractivity contribution in [3.8, 4) is 21.8 Å². The van der Waals surface area contributed by atoms with Gasteiger partial charge in [-0.2, -0.15) is 0 Å². The third-order valence-corrected chi connectivity index (χ3v) is 7.22.